The van der Waals surface area contributed by atoms with E-state index < -0.39 is 6.04 Å². The number of imidazole rings is 1. The second-order valence-corrected chi connectivity index (χ2v) is 5.69. The number of aryl methyl sites for hydroxylation is 1. The number of carbonyl (C=O) groups is 1. The van der Waals surface area contributed by atoms with Crippen LogP contribution in [-0.4, -0.2) is 22.1 Å². The highest BCUT2D eigenvalue weighted by atomic mass is 19.1. The Labute approximate surface area is 149 Å². The van der Waals surface area contributed by atoms with Gasteiger partial charge < -0.3 is 14.6 Å². The van der Waals surface area contributed by atoms with Gasteiger partial charge in [-0.15, -0.1) is 0 Å². The van der Waals surface area contributed by atoms with E-state index in [-0.39, 0.29) is 24.1 Å². The molecule has 1 amide bonds. The third-order valence-electron chi connectivity index (χ3n) is 3.81. The zero-order chi connectivity index (χ0) is 18.5. The molecule has 2 aromatic carbocycles. The van der Waals surface area contributed by atoms with E-state index in [0.717, 1.165) is 0 Å². The van der Waals surface area contributed by atoms with Crippen molar-refractivity contribution in [2.45, 2.75) is 6.04 Å². The largest absolute Gasteiger partial charge is 0.484 e. The highest BCUT2D eigenvalue weighted by Crippen LogP contribution is 2.21. The van der Waals surface area contributed by atoms with Gasteiger partial charge in [0.05, 0.1) is 0 Å². The summed E-state index contributed by atoms with van der Waals surface area (Å²) in [6.07, 6.45) is 3.38. The Kier molecular flexibility index (Phi) is 5.26. The van der Waals surface area contributed by atoms with Gasteiger partial charge in [0, 0.05) is 19.4 Å². The molecule has 1 unspecified atom stereocenters. The molecule has 5 nitrogen and oxygen atoms in total. The van der Waals surface area contributed by atoms with Crippen molar-refractivity contribution in [3.8, 4) is 5.75 Å². The normalized spacial score (nSPS) is 11.8. The minimum Gasteiger partial charge on any atom is -0.484 e. The lowest BCUT2D eigenvalue weighted by Crippen LogP contribution is -2.34. The van der Waals surface area contributed by atoms with Crippen LogP contribution >= 0.6 is 0 Å². The van der Waals surface area contributed by atoms with Gasteiger partial charge in [-0.05, 0) is 42.0 Å². The predicted molar refractivity (Wildman–Crippen MR) is 91.5 cm³/mol. The maximum absolute atomic E-state index is 13.2. The van der Waals surface area contributed by atoms with Gasteiger partial charge in [-0.2, -0.15) is 0 Å². The van der Waals surface area contributed by atoms with Crippen LogP contribution in [0.3, 0.4) is 0 Å². The van der Waals surface area contributed by atoms with Crippen molar-refractivity contribution in [3.05, 3.63) is 83.9 Å². The average Bonchev–Trinajstić information content (AvgIpc) is 3.06. The SMILES string of the molecule is Cn1ccnc1C(NC(=O)COc1ccc(F)cc1)c1ccc(F)cc1. The molecule has 26 heavy (non-hydrogen) atoms. The van der Waals surface area contributed by atoms with Crippen LogP contribution in [0.15, 0.2) is 60.9 Å². The zero-order valence-corrected chi connectivity index (χ0v) is 14.0. The third-order valence-corrected chi connectivity index (χ3v) is 3.81. The summed E-state index contributed by atoms with van der Waals surface area (Å²) in [5.74, 6) is -0.137. The van der Waals surface area contributed by atoms with Crippen LogP contribution in [0.5, 0.6) is 5.75 Å². The summed E-state index contributed by atoms with van der Waals surface area (Å²) in [7, 11) is 1.81. The fourth-order valence-electron chi connectivity index (χ4n) is 2.49. The van der Waals surface area contributed by atoms with Crippen molar-refractivity contribution in [1.29, 1.82) is 0 Å². The number of rotatable bonds is 6. The monoisotopic (exact) mass is 357 g/mol. The summed E-state index contributed by atoms with van der Waals surface area (Å²) in [5, 5.41) is 2.83. The minimum absolute atomic E-state index is 0.242. The molecule has 0 radical (unpaired) electrons. The number of ether oxygens (including phenoxy) is 1. The van der Waals surface area contributed by atoms with Crippen LogP contribution in [0, 0.1) is 11.6 Å². The van der Waals surface area contributed by atoms with Crippen LogP contribution in [0.25, 0.3) is 0 Å². The molecule has 134 valence electrons. The van der Waals surface area contributed by atoms with Gasteiger partial charge in [-0.25, -0.2) is 13.8 Å². The van der Waals surface area contributed by atoms with E-state index in [9.17, 15) is 13.6 Å². The molecule has 7 heteroatoms. The van der Waals surface area contributed by atoms with Gasteiger partial charge >= 0.3 is 0 Å². The van der Waals surface area contributed by atoms with Crippen molar-refractivity contribution < 1.29 is 18.3 Å². The molecule has 0 bridgehead atoms. The highest BCUT2D eigenvalue weighted by Gasteiger charge is 2.21. The maximum atomic E-state index is 13.2. The van der Waals surface area contributed by atoms with Crippen LogP contribution in [-0.2, 0) is 11.8 Å². The van der Waals surface area contributed by atoms with Gasteiger partial charge in [0.1, 0.15) is 29.3 Å². The van der Waals surface area contributed by atoms with Gasteiger partial charge in [-0.3, -0.25) is 4.79 Å². The van der Waals surface area contributed by atoms with E-state index in [0.29, 0.717) is 17.1 Å². The molecule has 0 aliphatic carbocycles. The predicted octanol–water partition coefficient (Wildman–Crippen LogP) is 2.98. The molecule has 1 heterocycles. The quantitative estimate of drug-likeness (QED) is 0.738. The lowest BCUT2D eigenvalue weighted by atomic mass is 10.1. The van der Waals surface area contributed by atoms with E-state index in [1.165, 1.54) is 36.4 Å². The summed E-state index contributed by atoms with van der Waals surface area (Å²) in [4.78, 5) is 16.6. The Morgan fingerprint density at radius 1 is 1.12 bits per heavy atom. The molecule has 0 aliphatic heterocycles. The van der Waals surface area contributed by atoms with Gasteiger partial charge in [-0.1, -0.05) is 12.1 Å². The number of aromatic nitrogens is 2. The number of hydrogen-bond donors (Lipinski definition) is 1. The number of nitrogens with zero attached hydrogens (tertiary/aromatic N) is 2. The first-order chi connectivity index (χ1) is 12.5. The molecule has 0 fully saturated rings. The third kappa shape index (κ3) is 4.24. The van der Waals surface area contributed by atoms with Gasteiger partial charge in [0.2, 0.25) is 0 Å². The second-order valence-electron chi connectivity index (χ2n) is 5.69. The first kappa shape index (κ1) is 17.6. The van der Waals surface area contributed by atoms with Crippen molar-refractivity contribution >= 4 is 5.91 Å². The topological polar surface area (TPSA) is 56.2 Å². The standard InChI is InChI=1S/C19H17F2N3O2/c1-24-11-10-22-19(24)18(13-2-4-14(20)5-3-13)23-17(25)12-26-16-8-6-15(21)7-9-16/h2-11,18H,12H2,1H3,(H,23,25). The number of carbonyl (C=O) groups excluding carboxylic acids is 1. The fourth-order valence-corrected chi connectivity index (χ4v) is 2.49. The first-order valence-electron chi connectivity index (χ1n) is 7.93. The molecule has 0 saturated carbocycles. The van der Waals surface area contributed by atoms with E-state index >= 15 is 0 Å². The average molecular weight is 357 g/mol. The minimum atomic E-state index is -0.556. The molecule has 0 spiro atoms. The number of hydrogen-bond acceptors (Lipinski definition) is 3. The fraction of sp³-hybridized carbons (Fsp3) is 0.158. The molecule has 3 rings (SSSR count). The molecular formula is C19H17F2N3O2. The summed E-state index contributed by atoms with van der Waals surface area (Å²) in [5.41, 5.74) is 0.691. The lowest BCUT2D eigenvalue weighted by Gasteiger charge is -2.19. The number of benzene rings is 2. The molecule has 1 N–H and O–H groups in total. The van der Waals surface area contributed by atoms with Crippen LogP contribution in [0.2, 0.25) is 0 Å². The maximum Gasteiger partial charge on any atom is 0.258 e. The van der Waals surface area contributed by atoms with E-state index in [4.69, 9.17) is 4.74 Å². The van der Waals surface area contributed by atoms with Crippen molar-refractivity contribution in [3.63, 3.8) is 0 Å². The van der Waals surface area contributed by atoms with Gasteiger partial charge in [0.25, 0.3) is 5.91 Å². The van der Waals surface area contributed by atoms with E-state index in [2.05, 4.69) is 10.3 Å². The van der Waals surface area contributed by atoms with Crippen molar-refractivity contribution in [2.75, 3.05) is 6.61 Å². The summed E-state index contributed by atoms with van der Waals surface area (Å²) in [6.45, 7) is -0.242. The van der Waals surface area contributed by atoms with Crippen molar-refractivity contribution in [2.24, 2.45) is 7.05 Å². The number of halogens is 2. The van der Waals surface area contributed by atoms with Crippen LogP contribution in [0.4, 0.5) is 8.78 Å². The van der Waals surface area contributed by atoms with Crippen LogP contribution in [0.1, 0.15) is 17.4 Å². The van der Waals surface area contributed by atoms with Crippen LogP contribution < -0.4 is 10.1 Å². The molecular weight excluding hydrogens is 340 g/mol. The Morgan fingerprint density at radius 2 is 1.73 bits per heavy atom. The summed E-state index contributed by atoms with van der Waals surface area (Å²) < 4.78 is 33.2. The number of nitrogens with one attached hydrogen (secondary N) is 1. The smallest absolute Gasteiger partial charge is 0.258 e. The van der Waals surface area contributed by atoms with Crippen molar-refractivity contribution in [1.82, 2.24) is 14.9 Å². The molecule has 1 aromatic heterocycles. The van der Waals surface area contributed by atoms with E-state index in [1.807, 2.05) is 0 Å². The Balaban J connectivity index is 1.73. The van der Waals surface area contributed by atoms with E-state index in [1.54, 1.807) is 36.1 Å². The zero-order valence-electron chi connectivity index (χ0n) is 14.0. The first-order valence-corrected chi connectivity index (χ1v) is 7.93. The van der Waals surface area contributed by atoms with Gasteiger partial charge in [0.15, 0.2) is 6.61 Å². The highest BCUT2D eigenvalue weighted by molar-refractivity contribution is 5.78. The Bertz CT molecular complexity index is 877. The Morgan fingerprint density at radius 3 is 2.31 bits per heavy atom. The molecule has 3 aromatic rings. The Hall–Kier alpha value is -3.22. The second kappa shape index (κ2) is 7.77. The number of amides is 1. The summed E-state index contributed by atoms with van der Waals surface area (Å²) >= 11 is 0. The summed E-state index contributed by atoms with van der Waals surface area (Å²) in [6, 6.07) is 10.7. The molecule has 0 saturated heterocycles. The molecule has 1 atom stereocenters. The molecule has 0 aliphatic rings. The lowest BCUT2D eigenvalue weighted by molar-refractivity contribution is -0.123.